The van der Waals surface area contributed by atoms with Gasteiger partial charge in [0, 0.05) is 11.1 Å². The molecule has 0 atom stereocenters. The number of hydrogen-bond donors (Lipinski definition) is 0. The Labute approximate surface area is 109 Å². The first kappa shape index (κ1) is 12.1. The molecule has 0 fully saturated rings. The number of halogens is 2. The molecule has 0 bridgehead atoms. The van der Waals surface area contributed by atoms with Gasteiger partial charge in [-0.3, -0.25) is 0 Å². The quantitative estimate of drug-likeness (QED) is 0.832. The number of aromatic nitrogens is 2. The smallest absolute Gasteiger partial charge is 0.160 e. The third-order valence-electron chi connectivity index (χ3n) is 2.49. The second kappa shape index (κ2) is 4.90. The molecular formula is C12H10Cl2N2O. The summed E-state index contributed by atoms with van der Waals surface area (Å²) in [5.41, 5.74) is 2.40. The number of nitrogens with zero attached hydrogens (tertiary/aromatic N) is 2. The molecule has 0 unspecified atom stereocenters. The average molecular weight is 269 g/mol. The maximum Gasteiger partial charge on any atom is 0.160 e. The molecular weight excluding hydrogens is 259 g/mol. The Hall–Kier alpha value is -1.32. The molecule has 0 saturated heterocycles. The van der Waals surface area contributed by atoms with E-state index in [0.717, 1.165) is 22.4 Å². The fourth-order valence-electron chi connectivity index (χ4n) is 1.63. The molecule has 0 N–H and O–H groups in total. The predicted molar refractivity (Wildman–Crippen MR) is 68.8 cm³/mol. The van der Waals surface area contributed by atoms with Gasteiger partial charge in [0.05, 0.1) is 7.11 Å². The van der Waals surface area contributed by atoms with Gasteiger partial charge in [-0.05, 0) is 18.6 Å². The van der Waals surface area contributed by atoms with Crippen LogP contribution in [0, 0.1) is 6.92 Å². The van der Waals surface area contributed by atoms with Crippen LogP contribution in [0.1, 0.15) is 5.56 Å². The Bertz CT molecular complexity index is 558. The zero-order valence-corrected chi connectivity index (χ0v) is 10.9. The van der Waals surface area contributed by atoms with Crippen molar-refractivity contribution in [3.05, 3.63) is 40.1 Å². The minimum atomic E-state index is 0.316. The van der Waals surface area contributed by atoms with Crippen LogP contribution < -0.4 is 4.74 Å². The fourth-order valence-corrected chi connectivity index (χ4v) is 2.05. The second-order valence-electron chi connectivity index (χ2n) is 3.48. The number of hydrogen-bond acceptors (Lipinski definition) is 3. The molecule has 0 amide bonds. The van der Waals surface area contributed by atoms with Crippen molar-refractivity contribution in [3.8, 4) is 16.9 Å². The summed E-state index contributed by atoms with van der Waals surface area (Å²) in [4.78, 5) is 0. The van der Waals surface area contributed by atoms with Gasteiger partial charge in [-0.2, -0.15) is 0 Å². The normalized spacial score (nSPS) is 10.4. The summed E-state index contributed by atoms with van der Waals surface area (Å²) in [6.07, 6.45) is 0. The molecule has 17 heavy (non-hydrogen) atoms. The highest BCUT2D eigenvalue weighted by atomic mass is 35.5. The molecule has 1 aromatic carbocycles. The highest BCUT2D eigenvalue weighted by Crippen LogP contribution is 2.37. The Morgan fingerprint density at radius 3 is 2.41 bits per heavy atom. The minimum Gasteiger partial charge on any atom is -0.496 e. The van der Waals surface area contributed by atoms with E-state index >= 15 is 0 Å². The lowest BCUT2D eigenvalue weighted by atomic mass is 10.0. The van der Waals surface area contributed by atoms with Crippen molar-refractivity contribution in [2.45, 2.75) is 6.92 Å². The van der Waals surface area contributed by atoms with Gasteiger partial charge in [-0.15, -0.1) is 10.2 Å². The van der Waals surface area contributed by atoms with Gasteiger partial charge in [0.1, 0.15) is 5.75 Å². The van der Waals surface area contributed by atoms with Crippen molar-refractivity contribution in [1.82, 2.24) is 10.2 Å². The van der Waals surface area contributed by atoms with Crippen LogP contribution in [0.3, 0.4) is 0 Å². The summed E-state index contributed by atoms with van der Waals surface area (Å²) in [5.74, 6) is 0.724. The number of ether oxygens (including phenoxy) is 1. The van der Waals surface area contributed by atoms with Crippen molar-refractivity contribution < 1.29 is 4.74 Å². The first-order valence-corrected chi connectivity index (χ1v) is 5.72. The van der Waals surface area contributed by atoms with Gasteiger partial charge in [-0.25, -0.2) is 0 Å². The molecule has 0 aliphatic heterocycles. The molecule has 0 spiro atoms. The maximum atomic E-state index is 6.08. The van der Waals surface area contributed by atoms with E-state index in [2.05, 4.69) is 10.2 Å². The largest absolute Gasteiger partial charge is 0.496 e. The van der Waals surface area contributed by atoms with Crippen LogP contribution in [0.2, 0.25) is 10.3 Å². The Balaban J connectivity index is 2.72. The molecule has 0 radical (unpaired) electrons. The number of para-hydroxylation sites is 1. The molecule has 1 aromatic heterocycles. The van der Waals surface area contributed by atoms with Crippen LogP contribution in [0.4, 0.5) is 0 Å². The number of rotatable bonds is 2. The van der Waals surface area contributed by atoms with Crippen molar-refractivity contribution >= 4 is 23.2 Å². The van der Waals surface area contributed by atoms with Gasteiger partial charge in [0.2, 0.25) is 0 Å². The molecule has 0 aliphatic rings. The van der Waals surface area contributed by atoms with Crippen LogP contribution in [0.5, 0.6) is 5.75 Å². The summed E-state index contributed by atoms with van der Waals surface area (Å²) in [6.45, 7) is 1.85. The summed E-state index contributed by atoms with van der Waals surface area (Å²) in [6, 6.07) is 7.56. The topological polar surface area (TPSA) is 35.0 Å². The summed E-state index contributed by atoms with van der Waals surface area (Å²) >= 11 is 12.0. The van der Waals surface area contributed by atoms with Crippen molar-refractivity contribution in [3.63, 3.8) is 0 Å². The lowest BCUT2D eigenvalue weighted by molar-refractivity contribution is 0.416. The van der Waals surface area contributed by atoms with Crippen LogP contribution in [-0.2, 0) is 0 Å². The van der Waals surface area contributed by atoms with Crippen molar-refractivity contribution in [2.75, 3.05) is 7.11 Å². The van der Waals surface area contributed by atoms with Gasteiger partial charge in [0.15, 0.2) is 10.3 Å². The predicted octanol–water partition coefficient (Wildman–Crippen LogP) is 3.77. The van der Waals surface area contributed by atoms with E-state index in [1.165, 1.54) is 0 Å². The van der Waals surface area contributed by atoms with E-state index in [4.69, 9.17) is 27.9 Å². The lowest BCUT2D eigenvalue weighted by Crippen LogP contribution is -1.95. The van der Waals surface area contributed by atoms with Crippen LogP contribution in [-0.4, -0.2) is 17.3 Å². The zero-order valence-electron chi connectivity index (χ0n) is 9.37. The van der Waals surface area contributed by atoms with Gasteiger partial charge in [-0.1, -0.05) is 41.4 Å². The summed E-state index contributed by atoms with van der Waals surface area (Å²) in [5, 5.41) is 8.24. The van der Waals surface area contributed by atoms with Gasteiger partial charge >= 0.3 is 0 Å². The van der Waals surface area contributed by atoms with E-state index in [-0.39, 0.29) is 0 Å². The maximum absolute atomic E-state index is 6.08. The standard InChI is InChI=1S/C12H10Cl2N2O/c1-7-10(12(14)16-15-11(7)13)8-5-3-4-6-9(8)17-2/h3-6H,1-2H3. The second-order valence-corrected chi connectivity index (χ2v) is 4.20. The molecule has 2 rings (SSSR count). The van der Waals surface area contributed by atoms with Crippen LogP contribution in [0.15, 0.2) is 24.3 Å². The van der Waals surface area contributed by atoms with Crippen molar-refractivity contribution in [2.24, 2.45) is 0 Å². The van der Waals surface area contributed by atoms with E-state index in [9.17, 15) is 0 Å². The Morgan fingerprint density at radius 1 is 1.06 bits per heavy atom. The first-order chi connectivity index (χ1) is 8.15. The third kappa shape index (κ3) is 2.21. The first-order valence-electron chi connectivity index (χ1n) is 4.96. The molecule has 0 saturated carbocycles. The highest BCUT2D eigenvalue weighted by Gasteiger charge is 2.15. The SMILES string of the molecule is COc1ccccc1-c1c(Cl)nnc(Cl)c1C. The Morgan fingerprint density at radius 2 is 1.71 bits per heavy atom. The summed E-state index contributed by atoms with van der Waals surface area (Å²) < 4.78 is 5.30. The molecule has 2 aromatic rings. The molecule has 5 heteroatoms. The third-order valence-corrected chi connectivity index (χ3v) is 3.12. The highest BCUT2D eigenvalue weighted by molar-refractivity contribution is 6.34. The molecule has 0 aliphatic carbocycles. The van der Waals surface area contributed by atoms with E-state index < -0.39 is 0 Å². The number of benzene rings is 1. The van der Waals surface area contributed by atoms with Crippen molar-refractivity contribution in [1.29, 1.82) is 0 Å². The molecule has 88 valence electrons. The van der Waals surface area contributed by atoms with E-state index in [0.29, 0.717) is 10.3 Å². The molecule has 1 heterocycles. The Kier molecular flexibility index (Phi) is 3.50. The van der Waals surface area contributed by atoms with Crippen LogP contribution in [0.25, 0.3) is 11.1 Å². The summed E-state index contributed by atoms with van der Waals surface area (Å²) in [7, 11) is 1.61. The zero-order chi connectivity index (χ0) is 12.4. The van der Waals surface area contributed by atoms with E-state index in [1.54, 1.807) is 7.11 Å². The van der Waals surface area contributed by atoms with Gasteiger partial charge in [0.25, 0.3) is 0 Å². The average Bonchev–Trinajstić information content (AvgIpc) is 2.35. The fraction of sp³-hybridized carbons (Fsp3) is 0.167. The lowest BCUT2D eigenvalue weighted by Gasteiger charge is -2.12. The number of methoxy groups -OCH3 is 1. The minimum absolute atomic E-state index is 0.316. The molecule has 3 nitrogen and oxygen atoms in total. The van der Waals surface area contributed by atoms with E-state index in [1.807, 2.05) is 31.2 Å². The van der Waals surface area contributed by atoms with Gasteiger partial charge < -0.3 is 4.74 Å². The van der Waals surface area contributed by atoms with Crippen LogP contribution >= 0.6 is 23.2 Å². The monoisotopic (exact) mass is 268 g/mol.